The van der Waals surface area contributed by atoms with E-state index in [2.05, 4.69) is 32.2 Å². The standard InChI is InChI=1S/C10H14/c1-4-8(2)10-7-5-6-9(10)3/h4-5,7-8,10H,1,3,6H2,2H3/t8?,10-/m0/s1. The Labute approximate surface area is 62.9 Å². The van der Waals surface area contributed by atoms with Gasteiger partial charge >= 0.3 is 0 Å². The highest BCUT2D eigenvalue weighted by atomic mass is 14.2. The molecule has 0 nitrogen and oxygen atoms in total. The molecule has 0 spiro atoms. The molecule has 0 radical (unpaired) electrons. The number of hydrogen-bond acceptors (Lipinski definition) is 0. The quantitative estimate of drug-likeness (QED) is 0.509. The van der Waals surface area contributed by atoms with E-state index in [1.807, 2.05) is 6.08 Å². The minimum Gasteiger partial charge on any atom is -0.103 e. The summed E-state index contributed by atoms with van der Waals surface area (Å²) in [6, 6.07) is 0. The van der Waals surface area contributed by atoms with E-state index in [4.69, 9.17) is 0 Å². The van der Waals surface area contributed by atoms with Crippen LogP contribution in [0.1, 0.15) is 13.3 Å². The molecule has 0 heterocycles. The highest BCUT2D eigenvalue weighted by Gasteiger charge is 2.17. The lowest BCUT2D eigenvalue weighted by atomic mass is 9.91. The van der Waals surface area contributed by atoms with Crippen LogP contribution in [0.3, 0.4) is 0 Å². The third-order valence-corrected chi connectivity index (χ3v) is 2.13. The van der Waals surface area contributed by atoms with Gasteiger partial charge < -0.3 is 0 Å². The van der Waals surface area contributed by atoms with E-state index in [1.54, 1.807) is 0 Å². The number of rotatable bonds is 2. The Bertz CT molecular complexity index is 174. The largest absolute Gasteiger partial charge is 0.103 e. The summed E-state index contributed by atoms with van der Waals surface area (Å²) in [5.74, 6) is 1.10. The molecule has 0 aliphatic heterocycles. The van der Waals surface area contributed by atoms with E-state index in [1.165, 1.54) is 5.57 Å². The first-order chi connectivity index (χ1) is 4.75. The molecule has 0 saturated heterocycles. The molecule has 0 heteroatoms. The van der Waals surface area contributed by atoms with Crippen LogP contribution < -0.4 is 0 Å². The smallest absolute Gasteiger partial charge is 0.00373 e. The molecule has 10 heavy (non-hydrogen) atoms. The summed E-state index contributed by atoms with van der Waals surface area (Å²) in [6.45, 7) is 9.94. The van der Waals surface area contributed by atoms with Crippen molar-refractivity contribution in [3.8, 4) is 0 Å². The first-order valence-corrected chi connectivity index (χ1v) is 3.72. The minimum absolute atomic E-state index is 0.547. The Morgan fingerprint density at radius 3 is 2.90 bits per heavy atom. The second-order valence-electron chi connectivity index (χ2n) is 2.91. The third-order valence-electron chi connectivity index (χ3n) is 2.13. The van der Waals surface area contributed by atoms with Crippen molar-refractivity contribution in [1.82, 2.24) is 0 Å². The molecule has 1 unspecified atom stereocenters. The summed E-state index contributed by atoms with van der Waals surface area (Å²) in [6.07, 6.45) is 7.47. The molecule has 0 amide bonds. The van der Waals surface area contributed by atoms with Gasteiger partial charge in [-0.05, 0) is 12.3 Å². The van der Waals surface area contributed by atoms with Crippen LogP contribution in [0.5, 0.6) is 0 Å². The molecule has 1 aliphatic carbocycles. The van der Waals surface area contributed by atoms with Gasteiger partial charge in [-0.25, -0.2) is 0 Å². The van der Waals surface area contributed by atoms with Gasteiger partial charge in [-0.15, -0.1) is 6.58 Å². The molecule has 0 aromatic carbocycles. The maximum Gasteiger partial charge on any atom is 0.00373 e. The van der Waals surface area contributed by atoms with Crippen molar-refractivity contribution < 1.29 is 0 Å². The summed E-state index contributed by atoms with van der Waals surface area (Å²) in [7, 11) is 0. The van der Waals surface area contributed by atoms with E-state index in [-0.39, 0.29) is 0 Å². The van der Waals surface area contributed by atoms with Crippen molar-refractivity contribution in [2.75, 3.05) is 0 Å². The van der Waals surface area contributed by atoms with Gasteiger partial charge in [-0.1, -0.05) is 37.3 Å². The molecular weight excluding hydrogens is 120 g/mol. The van der Waals surface area contributed by atoms with Crippen molar-refractivity contribution in [3.63, 3.8) is 0 Å². The van der Waals surface area contributed by atoms with Gasteiger partial charge in [-0.3, -0.25) is 0 Å². The van der Waals surface area contributed by atoms with Gasteiger partial charge in [0, 0.05) is 5.92 Å². The molecule has 1 aliphatic rings. The Morgan fingerprint density at radius 1 is 1.80 bits per heavy atom. The van der Waals surface area contributed by atoms with Crippen LogP contribution in [0.2, 0.25) is 0 Å². The topological polar surface area (TPSA) is 0 Å². The molecule has 1 rings (SSSR count). The lowest BCUT2D eigenvalue weighted by molar-refractivity contribution is 0.594. The van der Waals surface area contributed by atoms with Crippen LogP contribution >= 0.6 is 0 Å². The molecule has 0 N–H and O–H groups in total. The first kappa shape index (κ1) is 7.33. The average Bonchev–Trinajstić information content (AvgIpc) is 2.34. The highest BCUT2D eigenvalue weighted by Crippen LogP contribution is 2.29. The summed E-state index contributed by atoms with van der Waals surface area (Å²) in [4.78, 5) is 0. The number of allylic oxidation sites excluding steroid dienone is 4. The van der Waals surface area contributed by atoms with E-state index >= 15 is 0 Å². The first-order valence-electron chi connectivity index (χ1n) is 3.72. The summed E-state index contributed by atoms with van der Waals surface area (Å²) >= 11 is 0. The maximum absolute atomic E-state index is 3.99. The van der Waals surface area contributed by atoms with Crippen molar-refractivity contribution in [2.45, 2.75) is 13.3 Å². The second kappa shape index (κ2) is 2.87. The molecule has 54 valence electrons. The molecule has 0 saturated carbocycles. The monoisotopic (exact) mass is 134 g/mol. The summed E-state index contributed by atoms with van der Waals surface area (Å²) in [5, 5.41) is 0. The Morgan fingerprint density at radius 2 is 2.50 bits per heavy atom. The predicted molar refractivity (Wildman–Crippen MR) is 45.7 cm³/mol. The van der Waals surface area contributed by atoms with Crippen molar-refractivity contribution in [2.24, 2.45) is 11.8 Å². The van der Waals surface area contributed by atoms with Crippen LogP contribution in [-0.2, 0) is 0 Å². The fourth-order valence-corrected chi connectivity index (χ4v) is 1.33. The average molecular weight is 134 g/mol. The van der Waals surface area contributed by atoms with E-state index in [0.717, 1.165) is 6.42 Å². The van der Waals surface area contributed by atoms with Crippen molar-refractivity contribution >= 4 is 0 Å². The van der Waals surface area contributed by atoms with Crippen LogP contribution in [0.4, 0.5) is 0 Å². The van der Waals surface area contributed by atoms with Gasteiger partial charge in [-0.2, -0.15) is 0 Å². The summed E-state index contributed by atoms with van der Waals surface area (Å²) < 4.78 is 0. The Hall–Kier alpha value is -0.780. The van der Waals surface area contributed by atoms with Crippen LogP contribution in [-0.4, -0.2) is 0 Å². The zero-order chi connectivity index (χ0) is 7.56. The van der Waals surface area contributed by atoms with E-state index in [0.29, 0.717) is 11.8 Å². The lowest BCUT2D eigenvalue weighted by Crippen LogP contribution is -2.04. The predicted octanol–water partition coefficient (Wildman–Crippen LogP) is 2.94. The van der Waals surface area contributed by atoms with Crippen LogP contribution in [0.25, 0.3) is 0 Å². The van der Waals surface area contributed by atoms with Crippen molar-refractivity contribution in [1.29, 1.82) is 0 Å². The van der Waals surface area contributed by atoms with Gasteiger partial charge in [0.25, 0.3) is 0 Å². The molecule has 2 atom stereocenters. The van der Waals surface area contributed by atoms with Crippen LogP contribution in [0, 0.1) is 11.8 Å². The zero-order valence-electron chi connectivity index (χ0n) is 6.51. The maximum atomic E-state index is 3.99. The van der Waals surface area contributed by atoms with Gasteiger partial charge in [0.05, 0.1) is 0 Å². The lowest BCUT2D eigenvalue weighted by Gasteiger charge is -2.14. The van der Waals surface area contributed by atoms with E-state index < -0.39 is 0 Å². The minimum atomic E-state index is 0.547. The second-order valence-corrected chi connectivity index (χ2v) is 2.91. The molecule has 0 aromatic heterocycles. The van der Waals surface area contributed by atoms with Gasteiger partial charge in [0.15, 0.2) is 0 Å². The molecule has 0 fully saturated rings. The SMILES string of the molecule is C=CC(C)[C@@H]1C=CCC1=C. The Balaban J connectivity index is 2.63. The fraction of sp³-hybridized carbons (Fsp3) is 0.400. The van der Waals surface area contributed by atoms with Gasteiger partial charge in [0.1, 0.15) is 0 Å². The Kier molecular flexibility index (Phi) is 2.10. The number of hydrogen-bond donors (Lipinski definition) is 0. The molecular formula is C10H14. The summed E-state index contributed by atoms with van der Waals surface area (Å²) in [5.41, 5.74) is 1.33. The highest BCUT2D eigenvalue weighted by molar-refractivity contribution is 5.22. The zero-order valence-corrected chi connectivity index (χ0v) is 6.51. The molecule has 0 bridgehead atoms. The normalized spacial score (nSPS) is 26.9. The van der Waals surface area contributed by atoms with E-state index in [9.17, 15) is 0 Å². The van der Waals surface area contributed by atoms with Crippen LogP contribution in [0.15, 0.2) is 37.0 Å². The third kappa shape index (κ3) is 1.21. The molecule has 0 aromatic rings. The van der Waals surface area contributed by atoms with Gasteiger partial charge in [0.2, 0.25) is 0 Å². The fourth-order valence-electron chi connectivity index (χ4n) is 1.33. The van der Waals surface area contributed by atoms with Crippen molar-refractivity contribution in [3.05, 3.63) is 37.0 Å².